The second-order valence-corrected chi connectivity index (χ2v) is 7.97. The van der Waals surface area contributed by atoms with Crippen LogP contribution in [0.3, 0.4) is 0 Å². The van der Waals surface area contributed by atoms with E-state index in [-0.39, 0.29) is 26.4 Å². The topological polar surface area (TPSA) is 128 Å². The third-order valence-electron chi connectivity index (χ3n) is 3.84. The molecule has 0 saturated carbocycles. The lowest BCUT2D eigenvalue weighted by molar-refractivity contribution is -0.384. The number of nitro groups is 2. The van der Waals surface area contributed by atoms with Gasteiger partial charge in [0.25, 0.3) is 17.3 Å². The van der Waals surface area contributed by atoms with E-state index in [9.17, 15) is 25.0 Å². The minimum Gasteiger partial charge on any atom is -0.297 e. The largest absolute Gasteiger partial charge is 0.297 e. The number of aromatic nitrogens is 1. The fourth-order valence-electron chi connectivity index (χ4n) is 2.60. The van der Waals surface area contributed by atoms with Gasteiger partial charge in [0.1, 0.15) is 9.58 Å². The van der Waals surface area contributed by atoms with Gasteiger partial charge in [-0.2, -0.15) is 0 Å². The Morgan fingerprint density at radius 3 is 2.61 bits per heavy atom. The summed E-state index contributed by atoms with van der Waals surface area (Å²) in [6.45, 7) is 0. The molecular weight excluding hydrogens is 428 g/mol. The second-order valence-electron chi connectivity index (χ2n) is 5.54. The highest BCUT2D eigenvalue weighted by molar-refractivity contribution is 7.23. The number of nitrogens with one attached hydrogen (secondary N) is 1. The molecule has 12 heteroatoms. The van der Waals surface area contributed by atoms with Gasteiger partial charge in [-0.05, 0) is 6.07 Å². The number of halogens is 1. The smallest absolute Gasteiger partial charge is 0.287 e. The molecule has 0 radical (unpaired) electrons. The fraction of sp³-hybridized carbons (Fsp3) is 0. The molecule has 4 aromatic rings. The summed E-state index contributed by atoms with van der Waals surface area (Å²) in [4.78, 5) is 38.0. The van der Waals surface area contributed by atoms with Gasteiger partial charge in [0.05, 0.1) is 25.1 Å². The highest BCUT2D eigenvalue weighted by atomic mass is 35.5. The van der Waals surface area contributed by atoms with Crippen LogP contribution in [0.1, 0.15) is 9.67 Å². The van der Waals surface area contributed by atoms with E-state index in [2.05, 4.69) is 10.3 Å². The Labute approximate surface area is 168 Å². The van der Waals surface area contributed by atoms with Gasteiger partial charge < -0.3 is 0 Å². The molecule has 0 aliphatic rings. The molecule has 0 spiro atoms. The number of carbonyl (C=O) groups is 1. The summed E-state index contributed by atoms with van der Waals surface area (Å²) in [7, 11) is 0. The van der Waals surface area contributed by atoms with E-state index >= 15 is 0 Å². The molecule has 28 heavy (non-hydrogen) atoms. The summed E-state index contributed by atoms with van der Waals surface area (Å²) in [6, 6.07) is 8.65. The van der Waals surface area contributed by atoms with Gasteiger partial charge in [0.2, 0.25) is 0 Å². The Balaban J connectivity index is 1.69. The molecular formula is C16H7ClN4O5S2. The van der Waals surface area contributed by atoms with Crippen LogP contribution in [0.25, 0.3) is 20.3 Å². The zero-order valence-corrected chi connectivity index (χ0v) is 15.9. The number of anilines is 1. The first-order valence-electron chi connectivity index (χ1n) is 7.57. The first kappa shape index (κ1) is 18.2. The van der Waals surface area contributed by atoms with E-state index < -0.39 is 15.8 Å². The summed E-state index contributed by atoms with van der Waals surface area (Å²) in [5.41, 5.74) is 0.300. The predicted octanol–water partition coefficient (Wildman–Crippen LogP) is 5.23. The van der Waals surface area contributed by atoms with Crippen LogP contribution in [0.5, 0.6) is 0 Å². The average molecular weight is 435 g/mol. The van der Waals surface area contributed by atoms with Crippen LogP contribution in [-0.2, 0) is 0 Å². The van der Waals surface area contributed by atoms with Gasteiger partial charge in [-0.15, -0.1) is 11.3 Å². The lowest BCUT2D eigenvalue weighted by atomic mass is 10.2. The van der Waals surface area contributed by atoms with Gasteiger partial charge in [-0.1, -0.05) is 35.1 Å². The number of hydrogen-bond acceptors (Lipinski definition) is 8. The van der Waals surface area contributed by atoms with Crippen LogP contribution >= 0.6 is 34.3 Å². The lowest BCUT2D eigenvalue weighted by Gasteiger charge is -1.98. The molecule has 1 amide bonds. The van der Waals surface area contributed by atoms with E-state index in [1.54, 1.807) is 6.07 Å². The van der Waals surface area contributed by atoms with Crippen molar-refractivity contribution >= 4 is 77.0 Å². The first-order chi connectivity index (χ1) is 13.3. The van der Waals surface area contributed by atoms with Crippen LogP contribution < -0.4 is 5.32 Å². The van der Waals surface area contributed by atoms with Crippen LogP contribution in [0.2, 0.25) is 5.02 Å². The molecule has 0 atom stereocenters. The maximum atomic E-state index is 12.6. The molecule has 2 heterocycles. The number of nitro benzene ring substituents is 2. The lowest BCUT2D eigenvalue weighted by Crippen LogP contribution is -2.10. The predicted molar refractivity (Wildman–Crippen MR) is 108 cm³/mol. The van der Waals surface area contributed by atoms with Crippen molar-refractivity contribution < 1.29 is 14.6 Å². The van der Waals surface area contributed by atoms with Gasteiger partial charge in [0.15, 0.2) is 5.13 Å². The van der Waals surface area contributed by atoms with Gasteiger partial charge in [-0.3, -0.25) is 30.3 Å². The minimum absolute atomic E-state index is 0.0751. The van der Waals surface area contributed by atoms with Crippen molar-refractivity contribution in [2.24, 2.45) is 0 Å². The van der Waals surface area contributed by atoms with E-state index in [0.717, 1.165) is 22.7 Å². The van der Waals surface area contributed by atoms with Gasteiger partial charge in [-0.25, -0.2) is 4.98 Å². The third kappa shape index (κ3) is 3.05. The van der Waals surface area contributed by atoms with Crippen molar-refractivity contribution in [2.45, 2.75) is 0 Å². The first-order valence-corrected chi connectivity index (χ1v) is 9.58. The van der Waals surface area contributed by atoms with E-state index in [4.69, 9.17) is 11.6 Å². The fourth-order valence-corrected chi connectivity index (χ4v) is 4.98. The molecule has 0 saturated heterocycles. The van der Waals surface area contributed by atoms with Crippen molar-refractivity contribution in [1.29, 1.82) is 0 Å². The maximum absolute atomic E-state index is 12.6. The summed E-state index contributed by atoms with van der Waals surface area (Å²) in [5.74, 6) is -0.561. The standard InChI is InChI=1S/C16H7ClN4O5S2/c17-12-8-2-1-3-10(21(25)26)13(8)28-14(12)15(22)19-16-18-9-5-4-7(20(23)24)6-11(9)27-16/h1-6H,(H,18,19,22). The van der Waals surface area contributed by atoms with Crippen molar-refractivity contribution in [3.63, 3.8) is 0 Å². The normalized spacial score (nSPS) is 11.0. The van der Waals surface area contributed by atoms with E-state index in [0.29, 0.717) is 20.3 Å². The van der Waals surface area contributed by atoms with E-state index in [1.807, 2.05) is 0 Å². The molecule has 0 fully saturated rings. The zero-order valence-electron chi connectivity index (χ0n) is 13.5. The summed E-state index contributed by atoms with van der Waals surface area (Å²) in [5, 5.41) is 25.4. The molecule has 0 unspecified atom stereocenters. The van der Waals surface area contributed by atoms with E-state index in [1.165, 1.54) is 30.3 Å². The van der Waals surface area contributed by atoms with Crippen molar-refractivity contribution in [2.75, 3.05) is 5.32 Å². The quantitative estimate of drug-likeness (QED) is 0.345. The maximum Gasteiger partial charge on any atom is 0.287 e. The number of thiophene rings is 1. The Hall–Kier alpha value is -3.15. The molecule has 0 bridgehead atoms. The summed E-state index contributed by atoms with van der Waals surface area (Å²) in [6.07, 6.45) is 0. The molecule has 9 nitrogen and oxygen atoms in total. The monoisotopic (exact) mass is 434 g/mol. The number of carbonyl (C=O) groups excluding carboxylic acids is 1. The number of fused-ring (bicyclic) bond motifs is 2. The van der Waals surface area contributed by atoms with Crippen molar-refractivity contribution in [3.8, 4) is 0 Å². The SMILES string of the molecule is O=C(Nc1nc2ccc([N+](=O)[O-])cc2s1)c1sc2c([N+](=O)[O-])cccc2c1Cl. The molecule has 2 aromatic heterocycles. The molecule has 0 aliphatic carbocycles. The summed E-state index contributed by atoms with van der Waals surface area (Å²) < 4.78 is 0.852. The third-order valence-corrected chi connectivity index (χ3v) is 6.51. The van der Waals surface area contributed by atoms with Crippen LogP contribution in [-0.4, -0.2) is 20.7 Å². The molecule has 140 valence electrons. The molecule has 1 N–H and O–H groups in total. The second kappa shape index (κ2) is 6.78. The van der Waals surface area contributed by atoms with Crippen LogP contribution in [0, 0.1) is 20.2 Å². The number of benzene rings is 2. The van der Waals surface area contributed by atoms with Crippen molar-refractivity contribution in [3.05, 3.63) is 66.5 Å². The highest BCUT2D eigenvalue weighted by Crippen LogP contribution is 2.40. The number of non-ortho nitro benzene ring substituents is 2. The summed E-state index contributed by atoms with van der Waals surface area (Å²) >= 11 is 8.26. The van der Waals surface area contributed by atoms with Gasteiger partial charge in [0, 0.05) is 23.6 Å². The Kier molecular flexibility index (Phi) is 4.41. The Morgan fingerprint density at radius 2 is 1.89 bits per heavy atom. The Morgan fingerprint density at radius 1 is 1.11 bits per heavy atom. The Bertz CT molecular complexity index is 1300. The molecule has 4 rings (SSSR count). The van der Waals surface area contributed by atoms with Crippen molar-refractivity contribution in [1.82, 2.24) is 4.98 Å². The zero-order chi connectivity index (χ0) is 20.0. The molecule has 0 aliphatic heterocycles. The molecule has 2 aromatic carbocycles. The number of amides is 1. The number of rotatable bonds is 4. The van der Waals surface area contributed by atoms with Crippen LogP contribution in [0.15, 0.2) is 36.4 Å². The minimum atomic E-state index is -0.561. The number of thiazole rings is 1. The highest BCUT2D eigenvalue weighted by Gasteiger charge is 2.23. The number of hydrogen-bond donors (Lipinski definition) is 1. The average Bonchev–Trinajstić information content (AvgIpc) is 3.21. The van der Waals surface area contributed by atoms with Crippen LogP contribution in [0.4, 0.5) is 16.5 Å². The number of nitrogens with zero attached hydrogens (tertiary/aromatic N) is 3. The van der Waals surface area contributed by atoms with Gasteiger partial charge >= 0.3 is 0 Å².